The van der Waals surface area contributed by atoms with Crippen LogP contribution in [-0.4, -0.2) is 54.2 Å². The Morgan fingerprint density at radius 2 is 1.90 bits per heavy atom. The molecule has 2 fully saturated rings. The van der Waals surface area contributed by atoms with Crippen molar-refractivity contribution >= 4 is 27.5 Å². The second kappa shape index (κ2) is 8.49. The molecule has 1 saturated carbocycles. The Labute approximate surface area is 180 Å². The number of para-hydroxylation sites is 1. The van der Waals surface area contributed by atoms with Gasteiger partial charge in [0.2, 0.25) is 0 Å². The van der Waals surface area contributed by atoms with E-state index in [0.29, 0.717) is 18.1 Å². The molecule has 0 bridgehead atoms. The number of carbonyl (C=O) groups excluding carboxylic acids is 1. The van der Waals surface area contributed by atoms with Crippen LogP contribution in [0.15, 0.2) is 40.8 Å². The van der Waals surface area contributed by atoms with Gasteiger partial charge in [-0.05, 0) is 37.1 Å². The predicted molar refractivity (Wildman–Crippen MR) is 118 cm³/mol. The number of ether oxygens (including phenoxy) is 1. The summed E-state index contributed by atoms with van der Waals surface area (Å²) in [7, 11) is 0. The third-order valence-electron chi connectivity index (χ3n) is 6.38. The van der Waals surface area contributed by atoms with Crippen molar-refractivity contribution in [1.82, 2.24) is 15.2 Å². The molecular formula is C23H27N3O3S. The molecular weight excluding hydrogens is 398 g/mol. The van der Waals surface area contributed by atoms with Crippen LogP contribution >= 0.6 is 11.3 Å². The molecule has 158 valence electrons. The van der Waals surface area contributed by atoms with Gasteiger partial charge < -0.3 is 14.5 Å². The number of carbonyl (C=O) groups is 1. The lowest BCUT2D eigenvalue weighted by Gasteiger charge is -2.48. The fraction of sp³-hybridized carbons (Fsp3) is 0.478. The molecule has 2 aromatic heterocycles. The first-order chi connectivity index (χ1) is 14.7. The molecule has 30 heavy (non-hydrogen) atoms. The quantitative estimate of drug-likeness (QED) is 0.659. The van der Waals surface area contributed by atoms with Crippen LogP contribution in [0.3, 0.4) is 0 Å². The minimum absolute atomic E-state index is 0.0418. The number of morpholine rings is 1. The number of rotatable bonds is 5. The van der Waals surface area contributed by atoms with E-state index < -0.39 is 0 Å². The monoisotopic (exact) mass is 425 g/mol. The number of nitrogens with zero attached hydrogens (tertiary/aromatic N) is 2. The summed E-state index contributed by atoms with van der Waals surface area (Å²) in [4.78, 5) is 20.0. The molecule has 1 amide bonds. The first-order valence-corrected chi connectivity index (χ1v) is 11.6. The van der Waals surface area contributed by atoms with Crippen molar-refractivity contribution < 1.29 is 13.9 Å². The summed E-state index contributed by atoms with van der Waals surface area (Å²) in [6, 6.07) is 11.6. The van der Waals surface area contributed by atoms with Gasteiger partial charge in [0.05, 0.1) is 23.4 Å². The Morgan fingerprint density at radius 1 is 1.10 bits per heavy atom. The lowest BCUT2D eigenvalue weighted by Crippen LogP contribution is -2.59. The number of furan rings is 1. The summed E-state index contributed by atoms with van der Waals surface area (Å²) in [5.41, 5.74) is 0.991. The van der Waals surface area contributed by atoms with Crippen LogP contribution in [0.4, 0.5) is 0 Å². The average Bonchev–Trinajstić information content (AvgIpc) is 3.46. The first-order valence-electron chi connectivity index (χ1n) is 10.8. The van der Waals surface area contributed by atoms with Gasteiger partial charge in [-0.3, -0.25) is 9.69 Å². The van der Waals surface area contributed by atoms with Gasteiger partial charge in [-0.2, -0.15) is 0 Å². The Kier molecular flexibility index (Phi) is 5.58. The number of aromatic nitrogens is 1. The van der Waals surface area contributed by atoms with E-state index in [1.807, 2.05) is 30.3 Å². The van der Waals surface area contributed by atoms with E-state index in [1.54, 1.807) is 17.4 Å². The SMILES string of the molecule is O=C(NCC1(N2CCOCC2)CCCCC1)c1ccc(-c2nc3ccccc3s2)o1. The highest BCUT2D eigenvalue weighted by Gasteiger charge is 2.39. The van der Waals surface area contributed by atoms with Crippen LogP contribution in [0.25, 0.3) is 21.0 Å². The minimum Gasteiger partial charge on any atom is -0.448 e. The third-order valence-corrected chi connectivity index (χ3v) is 7.43. The van der Waals surface area contributed by atoms with E-state index >= 15 is 0 Å². The maximum atomic E-state index is 12.9. The number of benzene rings is 1. The zero-order chi connectivity index (χ0) is 20.4. The zero-order valence-electron chi connectivity index (χ0n) is 17.1. The van der Waals surface area contributed by atoms with Crippen LogP contribution < -0.4 is 5.32 Å². The predicted octanol–water partition coefficient (Wildman–Crippen LogP) is 4.32. The Balaban J connectivity index is 1.29. The number of amides is 1. The second-order valence-electron chi connectivity index (χ2n) is 8.22. The minimum atomic E-state index is -0.152. The largest absolute Gasteiger partial charge is 0.448 e. The van der Waals surface area contributed by atoms with E-state index in [0.717, 1.165) is 54.4 Å². The molecule has 1 aliphatic heterocycles. The average molecular weight is 426 g/mol. The molecule has 3 aromatic rings. The van der Waals surface area contributed by atoms with Crippen molar-refractivity contribution in [2.45, 2.75) is 37.6 Å². The van der Waals surface area contributed by atoms with Crippen LogP contribution in [0, 0.1) is 0 Å². The summed E-state index contributed by atoms with van der Waals surface area (Å²) >= 11 is 1.57. The first kappa shape index (κ1) is 19.7. The molecule has 0 atom stereocenters. The molecule has 0 radical (unpaired) electrons. The molecule has 1 saturated heterocycles. The van der Waals surface area contributed by atoms with E-state index in [1.165, 1.54) is 19.3 Å². The van der Waals surface area contributed by atoms with Crippen LogP contribution in [0.1, 0.15) is 42.7 Å². The molecule has 1 aliphatic carbocycles. The summed E-state index contributed by atoms with van der Waals surface area (Å²) in [6.07, 6.45) is 5.97. The van der Waals surface area contributed by atoms with Gasteiger partial charge in [0.25, 0.3) is 5.91 Å². The molecule has 7 heteroatoms. The number of nitrogens with one attached hydrogen (secondary N) is 1. The third kappa shape index (κ3) is 3.89. The van der Waals surface area contributed by atoms with E-state index in [2.05, 4.69) is 15.2 Å². The van der Waals surface area contributed by atoms with Crippen molar-refractivity contribution in [3.05, 3.63) is 42.2 Å². The maximum Gasteiger partial charge on any atom is 0.287 e. The molecule has 0 spiro atoms. The van der Waals surface area contributed by atoms with Crippen LogP contribution in [0.2, 0.25) is 0 Å². The molecule has 3 heterocycles. The summed E-state index contributed by atoms with van der Waals surface area (Å²) < 4.78 is 12.5. The van der Waals surface area contributed by atoms with E-state index in [4.69, 9.17) is 9.15 Å². The van der Waals surface area contributed by atoms with Crippen molar-refractivity contribution in [2.75, 3.05) is 32.8 Å². The van der Waals surface area contributed by atoms with E-state index in [9.17, 15) is 4.79 Å². The summed E-state index contributed by atoms with van der Waals surface area (Å²) in [6.45, 7) is 4.10. The van der Waals surface area contributed by atoms with Gasteiger partial charge in [0, 0.05) is 25.2 Å². The summed E-state index contributed by atoms with van der Waals surface area (Å²) in [5, 5.41) is 3.96. The second-order valence-corrected chi connectivity index (χ2v) is 9.25. The fourth-order valence-electron chi connectivity index (χ4n) is 4.74. The van der Waals surface area contributed by atoms with Gasteiger partial charge in [0.15, 0.2) is 16.5 Å². The summed E-state index contributed by atoms with van der Waals surface area (Å²) in [5.74, 6) is 0.833. The van der Waals surface area contributed by atoms with Gasteiger partial charge >= 0.3 is 0 Å². The van der Waals surface area contributed by atoms with Gasteiger partial charge in [-0.15, -0.1) is 11.3 Å². The zero-order valence-corrected chi connectivity index (χ0v) is 17.9. The van der Waals surface area contributed by atoms with Crippen molar-refractivity contribution in [1.29, 1.82) is 0 Å². The molecule has 1 aromatic carbocycles. The molecule has 2 aliphatic rings. The number of thiazole rings is 1. The van der Waals surface area contributed by atoms with Crippen molar-refractivity contribution in [2.24, 2.45) is 0 Å². The fourth-order valence-corrected chi connectivity index (χ4v) is 5.66. The topological polar surface area (TPSA) is 67.6 Å². The number of fused-ring (bicyclic) bond motifs is 1. The molecule has 6 nitrogen and oxygen atoms in total. The standard InChI is InChI=1S/C23H27N3O3S/c27-21(24-16-23(10-4-1-5-11-23)26-12-14-28-15-13-26)18-8-9-19(29-18)22-25-17-6-2-3-7-20(17)30-22/h2-3,6-9H,1,4-5,10-16H2,(H,24,27). The Bertz CT molecular complexity index is 983. The molecule has 0 unspecified atom stereocenters. The number of hydrogen-bond acceptors (Lipinski definition) is 6. The van der Waals surface area contributed by atoms with E-state index in [-0.39, 0.29) is 11.4 Å². The van der Waals surface area contributed by atoms with Gasteiger partial charge in [-0.25, -0.2) is 4.98 Å². The maximum absolute atomic E-state index is 12.9. The Morgan fingerprint density at radius 3 is 2.70 bits per heavy atom. The lowest BCUT2D eigenvalue weighted by molar-refractivity contribution is -0.0362. The lowest BCUT2D eigenvalue weighted by atomic mass is 9.79. The highest BCUT2D eigenvalue weighted by atomic mass is 32.1. The molecule has 5 rings (SSSR count). The smallest absolute Gasteiger partial charge is 0.287 e. The Hall–Kier alpha value is -2.22. The van der Waals surface area contributed by atoms with Crippen LogP contribution in [-0.2, 0) is 4.74 Å². The van der Waals surface area contributed by atoms with Crippen molar-refractivity contribution in [3.8, 4) is 10.8 Å². The highest BCUT2D eigenvalue weighted by Crippen LogP contribution is 2.34. The van der Waals surface area contributed by atoms with Gasteiger partial charge in [0.1, 0.15) is 0 Å². The molecule has 1 N–H and O–H groups in total. The number of hydrogen-bond donors (Lipinski definition) is 1. The van der Waals surface area contributed by atoms with Crippen LogP contribution in [0.5, 0.6) is 0 Å². The van der Waals surface area contributed by atoms with Crippen molar-refractivity contribution in [3.63, 3.8) is 0 Å². The normalized spacial score (nSPS) is 19.7. The van der Waals surface area contributed by atoms with Gasteiger partial charge in [-0.1, -0.05) is 31.4 Å². The highest BCUT2D eigenvalue weighted by molar-refractivity contribution is 7.21.